The molecule has 6 nitrogen and oxygen atoms in total. The predicted molar refractivity (Wildman–Crippen MR) is 68.6 cm³/mol. The number of aliphatic hydroxyl groups excluding tert-OH is 1. The van der Waals surface area contributed by atoms with Crippen LogP contribution < -0.4 is 5.32 Å². The van der Waals surface area contributed by atoms with Crippen molar-refractivity contribution < 1.29 is 24.1 Å². The molecule has 3 heterocycles. The Hall–Kier alpha value is -0.340. The van der Waals surface area contributed by atoms with E-state index in [0.717, 1.165) is 0 Å². The Morgan fingerprint density at radius 2 is 2.16 bits per heavy atom. The number of rotatable bonds is 2. The lowest BCUT2D eigenvalue weighted by Crippen LogP contribution is -2.65. The average molecular weight is 289 g/mol. The molecule has 3 saturated heterocycles. The Morgan fingerprint density at radius 3 is 2.79 bits per heavy atom. The molecule has 0 aromatic rings. The third-order valence-corrected chi connectivity index (χ3v) is 5.15. The van der Waals surface area contributed by atoms with Crippen LogP contribution in [0.1, 0.15) is 20.8 Å². The molecule has 2 N–H and O–H groups in total. The first-order valence-electron chi connectivity index (χ1n) is 6.40. The second kappa shape index (κ2) is 4.33. The highest BCUT2D eigenvalue weighted by Crippen LogP contribution is 2.50. The maximum atomic E-state index is 11.4. The molecule has 3 aliphatic rings. The summed E-state index contributed by atoms with van der Waals surface area (Å²) in [5.74, 6) is -0.206. The van der Waals surface area contributed by atoms with Gasteiger partial charge in [0.2, 0.25) is 5.91 Å². The van der Waals surface area contributed by atoms with Gasteiger partial charge in [0, 0.05) is 12.7 Å². The lowest BCUT2D eigenvalue weighted by Gasteiger charge is -2.42. The van der Waals surface area contributed by atoms with E-state index in [2.05, 4.69) is 5.32 Å². The molecule has 5 atom stereocenters. The van der Waals surface area contributed by atoms with Gasteiger partial charge < -0.3 is 24.6 Å². The van der Waals surface area contributed by atoms with E-state index in [0.29, 0.717) is 5.75 Å². The van der Waals surface area contributed by atoms with Crippen molar-refractivity contribution in [2.24, 2.45) is 0 Å². The molecule has 0 radical (unpaired) electrons. The summed E-state index contributed by atoms with van der Waals surface area (Å²) in [7, 11) is 0. The van der Waals surface area contributed by atoms with Crippen molar-refractivity contribution in [3.8, 4) is 0 Å². The topological polar surface area (TPSA) is 77.0 Å². The molecule has 3 fully saturated rings. The number of hydrogen-bond acceptors (Lipinski definition) is 6. The Bertz CT molecular complexity index is 404. The summed E-state index contributed by atoms with van der Waals surface area (Å²) in [6, 6.07) is -0.253. The summed E-state index contributed by atoms with van der Waals surface area (Å²) < 4.78 is 17.8. The third-order valence-electron chi connectivity index (χ3n) is 3.78. The number of carbonyl (C=O) groups excluding carboxylic acids is 1. The van der Waals surface area contributed by atoms with Crippen LogP contribution in [0.15, 0.2) is 0 Å². The highest BCUT2D eigenvalue weighted by molar-refractivity contribution is 8.00. The molecule has 0 saturated carbocycles. The largest absolute Gasteiger partial charge is 0.393 e. The van der Waals surface area contributed by atoms with E-state index in [1.807, 2.05) is 13.8 Å². The first-order valence-corrected chi connectivity index (χ1v) is 7.45. The Morgan fingerprint density at radius 1 is 1.42 bits per heavy atom. The van der Waals surface area contributed by atoms with Crippen molar-refractivity contribution in [2.45, 2.75) is 55.8 Å². The van der Waals surface area contributed by atoms with Crippen molar-refractivity contribution >= 4 is 17.7 Å². The van der Waals surface area contributed by atoms with E-state index >= 15 is 0 Å². The summed E-state index contributed by atoms with van der Waals surface area (Å²) in [4.78, 5) is 11.4. The molecular formula is C12H19NO5S. The van der Waals surface area contributed by atoms with Gasteiger partial charge in [-0.25, -0.2) is 0 Å². The van der Waals surface area contributed by atoms with Crippen molar-refractivity contribution in [3.05, 3.63) is 0 Å². The Kier molecular flexibility index (Phi) is 3.10. The normalized spacial score (nSPS) is 46.9. The van der Waals surface area contributed by atoms with Crippen LogP contribution in [0.4, 0.5) is 0 Å². The van der Waals surface area contributed by atoms with Crippen LogP contribution in [0.5, 0.6) is 0 Å². The zero-order chi connectivity index (χ0) is 13.8. The number of amides is 1. The standard InChI is InChI=1S/C12H19NO5S/c1-6(15)13-7-8-9(17-11(2,3)16-8)12(4-14)5-19-10(7)18-12/h7-10,14H,4-5H2,1-3H3,(H,13,15)/t7-,8-,9-,10?,12+/m1/s1. The van der Waals surface area contributed by atoms with Crippen LogP contribution in [0.3, 0.4) is 0 Å². The van der Waals surface area contributed by atoms with Gasteiger partial charge in [0.1, 0.15) is 23.2 Å². The predicted octanol–water partition coefficient (Wildman–Crippen LogP) is -0.155. The Labute approximate surface area is 116 Å². The van der Waals surface area contributed by atoms with Gasteiger partial charge in [-0.15, -0.1) is 11.8 Å². The fourth-order valence-corrected chi connectivity index (χ4v) is 4.48. The van der Waals surface area contributed by atoms with Crippen LogP contribution in [0.25, 0.3) is 0 Å². The molecule has 0 aromatic carbocycles. The van der Waals surface area contributed by atoms with Crippen molar-refractivity contribution in [1.82, 2.24) is 5.32 Å². The molecule has 1 amide bonds. The molecule has 1 unspecified atom stereocenters. The van der Waals surface area contributed by atoms with E-state index < -0.39 is 11.4 Å². The van der Waals surface area contributed by atoms with Crippen molar-refractivity contribution in [1.29, 1.82) is 0 Å². The van der Waals surface area contributed by atoms with E-state index in [4.69, 9.17) is 14.2 Å². The van der Waals surface area contributed by atoms with Gasteiger partial charge in [-0.3, -0.25) is 4.79 Å². The number of aliphatic hydroxyl groups is 1. The first-order chi connectivity index (χ1) is 8.87. The minimum absolute atomic E-state index is 0.107. The number of carbonyl (C=O) groups is 1. The number of hydrogen-bond donors (Lipinski definition) is 2. The quantitative estimate of drug-likeness (QED) is 0.736. The molecule has 0 spiro atoms. The number of thioether (sulfide) groups is 1. The van der Waals surface area contributed by atoms with Gasteiger partial charge in [-0.2, -0.15) is 0 Å². The minimum Gasteiger partial charge on any atom is -0.393 e. The molecule has 3 aliphatic heterocycles. The van der Waals surface area contributed by atoms with Crippen LogP contribution in [-0.2, 0) is 19.0 Å². The second-order valence-corrected chi connectivity index (χ2v) is 6.85. The number of nitrogens with one attached hydrogen (secondary N) is 1. The van der Waals surface area contributed by atoms with Crippen molar-refractivity contribution in [2.75, 3.05) is 12.4 Å². The van der Waals surface area contributed by atoms with Gasteiger partial charge in [0.05, 0.1) is 12.6 Å². The highest BCUT2D eigenvalue weighted by Gasteiger charge is 2.65. The summed E-state index contributed by atoms with van der Waals surface area (Å²) in [6.45, 7) is 5.04. The zero-order valence-corrected chi connectivity index (χ0v) is 12.0. The van der Waals surface area contributed by atoms with Crippen LogP contribution in [0.2, 0.25) is 0 Å². The molecular weight excluding hydrogens is 270 g/mol. The lowest BCUT2D eigenvalue weighted by atomic mass is 9.88. The van der Waals surface area contributed by atoms with Crippen LogP contribution in [-0.4, -0.2) is 58.4 Å². The SMILES string of the molecule is CC(=O)N[C@H]1C2O[C@@](CO)(CS2)[C@@H]2OC(C)(C)O[C@@H]21. The average Bonchev–Trinajstić information content (AvgIpc) is 2.85. The number of ether oxygens (including phenoxy) is 3. The smallest absolute Gasteiger partial charge is 0.217 e. The lowest BCUT2D eigenvalue weighted by molar-refractivity contribution is -0.192. The molecule has 108 valence electrons. The van der Waals surface area contributed by atoms with Gasteiger partial charge >= 0.3 is 0 Å². The van der Waals surface area contributed by atoms with Gasteiger partial charge in [0.15, 0.2) is 5.79 Å². The Balaban J connectivity index is 1.92. The monoisotopic (exact) mass is 289 g/mol. The third kappa shape index (κ3) is 2.08. The van der Waals surface area contributed by atoms with Crippen LogP contribution >= 0.6 is 11.8 Å². The fourth-order valence-electron chi connectivity index (χ4n) is 3.02. The molecule has 0 aromatic heterocycles. The molecule has 2 bridgehead atoms. The van der Waals surface area contributed by atoms with Gasteiger partial charge in [-0.05, 0) is 13.8 Å². The fraction of sp³-hybridized carbons (Fsp3) is 0.917. The minimum atomic E-state index is -0.729. The first kappa shape index (κ1) is 13.6. The molecule has 0 aliphatic carbocycles. The zero-order valence-electron chi connectivity index (χ0n) is 11.2. The molecule has 3 rings (SSSR count). The molecule has 19 heavy (non-hydrogen) atoms. The highest BCUT2D eigenvalue weighted by atomic mass is 32.2. The van der Waals surface area contributed by atoms with E-state index in [-0.39, 0.29) is 36.2 Å². The summed E-state index contributed by atoms with van der Waals surface area (Å²) in [6.07, 6.45) is -0.657. The maximum Gasteiger partial charge on any atom is 0.217 e. The van der Waals surface area contributed by atoms with E-state index in [1.54, 1.807) is 11.8 Å². The number of fused-ring (bicyclic) bond motifs is 4. The summed E-state index contributed by atoms with van der Waals surface area (Å²) in [5, 5.41) is 12.6. The summed E-state index contributed by atoms with van der Waals surface area (Å²) >= 11 is 1.59. The van der Waals surface area contributed by atoms with Crippen LogP contribution in [0, 0.1) is 0 Å². The van der Waals surface area contributed by atoms with E-state index in [1.165, 1.54) is 6.92 Å². The van der Waals surface area contributed by atoms with E-state index in [9.17, 15) is 9.90 Å². The van der Waals surface area contributed by atoms with Crippen molar-refractivity contribution in [3.63, 3.8) is 0 Å². The van der Waals surface area contributed by atoms with Gasteiger partial charge in [0.25, 0.3) is 0 Å². The van der Waals surface area contributed by atoms with Gasteiger partial charge in [-0.1, -0.05) is 0 Å². The second-order valence-electron chi connectivity index (χ2n) is 5.77. The maximum absolute atomic E-state index is 11.4. The molecule has 7 heteroatoms. The summed E-state index contributed by atoms with van der Waals surface area (Å²) in [5.41, 5.74) is -0.919.